The van der Waals surface area contributed by atoms with Crippen LogP contribution in [0.4, 0.5) is 0 Å². The van der Waals surface area contributed by atoms with Gasteiger partial charge in [-0.05, 0) is 31.2 Å². The lowest BCUT2D eigenvalue weighted by Crippen LogP contribution is -2.50. The normalized spacial score (nSPS) is 36.2. The van der Waals surface area contributed by atoms with Crippen LogP contribution in [0, 0.1) is 11.8 Å². The average Bonchev–Trinajstić information content (AvgIpc) is 2.68. The number of rotatable bonds is 3. The highest BCUT2D eigenvalue weighted by Gasteiger charge is 2.32. The minimum Gasteiger partial charge on any atom is -0.315 e. The molecule has 6 heteroatoms. The van der Waals surface area contributed by atoms with Crippen LogP contribution < -0.4 is 10.0 Å². The first-order valence-electron chi connectivity index (χ1n) is 6.45. The molecule has 0 radical (unpaired) electrons. The standard InChI is InChI=1S/C11H23N3O2S/c1-9-5-10(2)8-14(7-9)17(15,16)13-11-3-4-12-6-11/h9-13H,3-8H2,1-2H3. The Morgan fingerprint density at radius 2 is 1.88 bits per heavy atom. The summed E-state index contributed by atoms with van der Waals surface area (Å²) in [5.41, 5.74) is 0. The van der Waals surface area contributed by atoms with Gasteiger partial charge >= 0.3 is 0 Å². The highest BCUT2D eigenvalue weighted by atomic mass is 32.2. The average molecular weight is 261 g/mol. The van der Waals surface area contributed by atoms with Crippen LogP contribution in [-0.2, 0) is 10.2 Å². The number of piperidine rings is 1. The van der Waals surface area contributed by atoms with Gasteiger partial charge in [0.05, 0.1) is 0 Å². The first-order valence-corrected chi connectivity index (χ1v) is 7.89. The molecule has 2 rings (SSSR count). The second-order valence-electron chi connectivity index (χ2n) is 5.58. The van der Waals surface area contributed by atoms with Crippen LogP contribution in [0.15, 0.2) is 0 Å². The molecule has 2 heterocycles. The van der Waals surface area contributed by atoms with Gasteiger partial charge in [-0.1, -0.05) is 13.8 Å². The summed E-state index contributed by atoms with van der Waals surface area (Å²) in [6.45, 7) is 7.20. The lowest BCUT2D eigenvalue weighted by molar-refractivity contribution is 0.220. The van der Waals surface area contributed by atoms with Crippen LogP contribution >= 0.6 is 0 Å². The largest absolute Gasteiger partial charge is 0.315 e. The fourth-order valence-corrected chi connectivity index (χ4v) is 4.52. The van der Waals surface area contributed by atoms with Gasteiger partial charge in [-0.25, -0.2) is 0 Å². The molecule has 2 fully saturated rings. The Bertz CT molecular complexity index is 342. The molecular weight excluding hydrogens is 238 g/mol. The predicted octanol–water partition coefficient (Wildman–Crippen LogP) is 0.161. The molecule has 0 aromatic carbocycles. The molecule has 5 nitrogen and oxygen atoms in total. The minimum atomic E-state index is -3.29. The van der Waals surface area contributed by atoms with E-state index in [1.54, 1.807) is 4.31 Å². The third-order valence-corrected chi connectivity index (χ3v) is 5.16. The highest BCUT2D eigenvalue weighted by molar-refractivity contribution is 7.87. The van der Waals surface area contributed by atoms with Crippen molar-refractivity contribution < 1.29 is 8.42 Å². The lowest BCUT2D eigenvalue weighted by Gasteiger charge is -2.34. The monoisotopic (exact) mass is 261 g/mol. The van der Waals surface area contributed by atoms with Crippen molar-refractivity contribution in [1.82, 2.24) is 14.3 Å². The molecular formula is C11H23N3O2S. The molecule has 2 N–H and O–H groups in total. The first-order chi connectivity index (χ1) is 7.97. The van der Waals surface area contributed by atoms with E-state index in [1.807, 2.05) is 0 Å². The lowest BCUT2D eigenvalue weighted by atomic mass is 9.94. The number of nitrogens with zero attached hydrogens (tertiary/aromatic N) is 1. The highest BCUT2D eigenvalue weighted by Crippen LogP contribution is 2.22. The van der Waals surface area contributed by atoms with Crippen LogP contribution in [0.1, 0.15) is 26.7 Å². The Morgan fingerprint density at radius 3 is 2.41 bits per heavy atom. The molecule has 0 amide bonds. The SMILES string of the molecule is CC1CC(C)CN(S(=O)(=O)NC2CCNC2)C1. The van der Waals surface area contributed by atoms with Crippen LogP contribution in [0.2, 0.25) is 0 Å². The molecule has 2 aliphatic rings. The summed E-state index contributed by atoms with van der Waals surface area (Å²) >= 11 is 0. The van der Waals surface area contributed by atoms with E-state index in [-0.39, 0.29) is 6.04 Å². The van der Waals surface area contributed by atoms with Crippen molar-refractivity contribution in [3.63, 3.8) is 0 Å². The van der Waals surface area contributed by atoms with Crippen LogP contribution in [0.5, 0.6) is 0 Å². The van der Waals surface area contributed by atoms with Crippen LogP contribution in [0.3, 0.4) is 0 Å². The van der Waals surface area contributed by atoms with Gasteiger partial charge in [0.25, 0.3) is 10.2 Å². The van der Waals surface area contributed by atoms with Gasteiger partial charge in [0.15, 0.2) is 0 Å². The Kier molecular flexibility index (Phi) is 4.07. The quantitative estimate of drug-likeness (QED) is 0.761. The molecule has 2 saturated heterocycles. The zero-order valence-electron chi connectivity index (χ0n) is 10.6. The second-order valence-corrected chi connectivity index (χ2v) is 7.28. The van der Waals surface area contributed by atoms with E-state index < -0.39 is 10.2 Å². The van der Waals surface area contributed by atoms with Gasteiger partial charge < -0.3 is 5.32 Å². The number of hydrogen-bond acceptors (Lipinski definition) is 3. The van der Waals surface area contributed by atoms with Gasteiger partial charge in [-0.3, -0.25) is 0 Å². The molecule has 3 unspecified atom stereocenters. The van der Waals surface area contributed by atoms with E-state index in [2.05, 4.69) is 23.9 Å². The van der Waals surface area contributed by atoms with Crippen molar-refractivity contribution in [1.29, 1.82) is 0 Å². The van der Waals surface area contributed by atoms with E-state index in [0.717, 1.165) is 25.9 Å². The molecule has 0 spiro atoms. The van der Waals surface area contributed by atoms with Gasteiger partial charge in [0, 0.05) is 25.7 Å². The van der Waals surface area contributed by atoms with E-state index in [0.29, 0.717) is 24.9 Å². The van der Waals surface area contributed by atoms with Crippen molar-refractivity contribution in [3.05, 3.63) is 0 Å². The molecule has 0 aliphatic carbocycles. The Balaban J connectivity index is 1.98. The fraction of sp³-hybridized carbons (Fsp3) is 1.00. The van der Waals surface area contributed by atoms with Gasteiger partial charge in [-0.2, -0.15) is 17.4 Å². The van der Waals surface area contributed by atoms with Crippen molar-refractivity contribution >= 4 is 10.2 Å². The Labute approximate surface area is 104 Å². The summed E-state index contributed by atoms with van der Waals surface area (Å²) in [7, 11) is -3.29. The summed E-state index contributed by atoms with van der Waals surface area (Å²) in [4.78, 5) is 0. The maximum Gasteiger partial charge on any atom is 0.279 e. The van der Waals surface area contributed by atoms with Crippen molar-refractivity contribution in [2.45, 2.75) is 32.7 Å². The Hall–Kier alpha value is -0.170. The molecule has 3 atom stereocenters. The fourth-order valence-electron chi connectivity index (χ4n) is 2.84. The minimum absolute atomic E-state index is 0.0625. The maximum absolute atomic E-state index is 12.2. The van der Waals surface area contributed by atoms with Gasteiger partial charge in [0.2, 0.25) is 0 Å². The first kappa shape index (κ1) is 13.3. The smallest absolute Gasteiger partial charge is 0.279 e. The second kappa shape index (κ2) is 5.22. The van der Waals surface area contributed by atoms with Crippen molar-refractivity contribution in [2.75, 3.05) is 26.2 Å². The maximum atomic E-state index is 12.2. The topological polar surface area (TPSA) is 61.4 Å². The number of nitrogens with one attached hydrogen (secondary N) is 2. The van der Waals surface area contributed by atoms with E-state index in [4.69, 9.17) is 0 Å². The molecule has 0 bridgehead atoms. The van der Waals surface area contributed by atoms with E-state index in [9.17, 15) is 8.42 Å². The number of hydrogen-bond donors (Lipinski definition) is 2. The molecule has 0 aromatic rings. The summed E-state index contributed by atoms with van der Waals surface area (Å²) in [5, 5.41) is 3.17. The summed E-state index contributed by atoms with van der Waals surface area (Å²) in [5.74, 6) is 0.911. The Morgan fingerprint density at radius 1 is 1.24 bits per heavy atom. The molecule has 0 aromatic heterocycles. The zero-order valence-corrected chi connectivity index (χ0v) is 11.5. The van der Waals surface area contributed by atoms with Gasteiger partial charge in [0.1, 0.15) is 0 Å². The molecule has 100 valence electrons. The summed E-state index contributed by atoms with van der Waals surface area (Å²) in [6.07, 6.45) is 2.01. The third kappa shape index (κ3) is 3.40. The van der Waals surface area contributed by atoms with E-state index in [1.165, 1.54) is 0 Å². The zero-order chi connectivity index (χ0) is 12.5. The summed E-state index contributed by atoms with van der Waals surface area (Å²) < 4.78 is 28.9. The summed E-state index contributed by atoms with van der Waals surface area (Å²) in [6, 6.07) is 0.0625. The predicted molar refractivity (Wildman–Crippen MR) is 67.8 cm³/mol. The van der Waals surface area contributed by atoms with Crippen molar-refractivity contribution in [3.8, 4) is 0 Å². The molecule has 2 aliphatic heterocycles. The van der Waals surface area contributed by atoms with Crippen LogP contribution in [0.25, 0.3) is 0 Å². The van der Waals surface area contributed by atoms with Crippen LogP contribution in [-0.4, -0.2) is 44.9 Å². The third-order valence-electron chi connectivity index (χ3n) is 3.55. The molecule has 17 heavy (non-hydrogen) atoms. The van der Waals surface area contributed by atoms with Crippen molar-refractivity contribution in [2.24, 2.45) is 11.8 Å². The van der Waals surface area contributed by atoms with Gasteiger partial charge in [-0.15, -0.1) is 0 Å². The van der Waals surface area contributed by atoms with E-state index >= 15 is 0 Å². The molecule has 0 saturated carbocycles.